The van der Waals surface area contributed by atoms with E-state index < -0.39 is 0 Å². The van der Waals surface area contributed by atoms with E-state index in [9.17, 15) is 9.59 Å². The molecule has 0 aliphatic rings. The molecule has 0 fully saturated rings. The van der Waals surface area contributed by atoms with Crippen LogP contribution in [0.3, 0.4) is 0 Å². The standard InChI is InChI=1S/C15H21NO3/c1-4-19-14(17)10-13(11(2)3)16-15(18)12-8-6-5-7-9-12/h5-9,11,13H,4,10H2,1-3H3,(H,16,18). The van der Waals surface area contributed by atoms with Crippen molar-refractivity contribution >= 4 is 11.9 Å². The van der Waals surface area contributed by atoms with E-state index in [2.05, 4.69) is 5.32 Å². The van der Waals surface area contributed by atoms with Crippen molar-refractivity contribution in [2.75, 3.05) is 6.61 Å². The van der Waals surface area contributed by atoms with Crippen LogP contribution in [0.1, 0.15) is 37.6 Å². The zero-order valence-corrected chi connectivity index (χ0v) is 11.7. The second-order valence-corrected chi connectivity index (χ2v) is 4.70. The number of nitrogens with one attached hydrogen (secondary N) is 1. The van der Waals surface area contributed by atoms with Crippen molar-refractivity contribution < 1.29 is 14.3 Å². The topological polar surface area (TPSA) is 55.4 Å². The fourth-order valence-electron chi connectivity index (χ4n) is 1.69. The van der Waals surface area contributed by atoms with Crippen LogP contribution < -0.4 is 5.32 Å². The molecular formula is C15H21NO3. The lowest BCUT2D eigenvalue weighted by Crippen LogP contribution is -2.40. The Morgan fingerprint density at radius 2 is 1.84 bits per heavy atom. The lowest BCUT2D eigenvalue weighted by atomic mass is 10.0. The number of esters is 1. The Morgan fingerprint density at radius 1 is 1.21 bits per heavy atom. The minimum absolute atomic E-state index is 0.163. The Hall–Kier alpha value is -1.84. The van der Waals surface area contributed by atoms with E-state index >= 15 is 0 Å². The first kappa shape index (κ1) is 15.2. The fraction of sp³-hybridized carbons (Fsp3) is 0.467. The number of rotatable bonds is 6. The third-order valence-corrected chi connectivity index (χ3v) is 2.85. The molecule has 4 nitrogen and oxygen atoms in total. The van der Waals surface area contributed by atoms with Crippen molar-refractivity contribution in [3.8, 4) is 0 Å². The molecule has 1 atom stereocenters. The van der Waals surface area contributed by atoms with Crippen molar-refractivity contribution in [1.29, 1.82) is 0 Å². The highest BCUT2D eigenvalue weighted by atomic mass is 16.5. The highest BCUT2D eigenvalue weighted by Gasteiger charge is 2.20. The average molecular weight is 263 g/mol. The number of carbonyl (C=O) groups is 2. The van der Waals surface area contributed by atoms with Gasteiger partial charge in [0.25, 0.3) is 5.91 Å². The van der Waals surface area contributed by atoms with E-state index in [1.807, 2.05) is 32.0 Å². The molecule has 0 bridgehead atoms. The van der Waals surface area contributed by atoms with Gasteiger partial charge in [0.2, 0.25) is 0 Å². The van der Waals surface area contributed by atoms with E-state index in [-0.39, 0.29) is 30.3 Å². The maximum atomic E-state index is 12.0. The molecule has 0 aliphatic heterocycles. The summed E-state index contributed by atoms with van der Waals surface area (Å²) in [6.07, 6.45) is 0.198. The Balaban J connectivity index is 2.64. The molecule has 0 heterocycles. The normalized spacial score (nSPS) is 12.0. The minimum Gasteiger partial charge on any atom is -0.466 e. The second kappa shape index (κ2) is 7.56. The summed E-state index contributed by atoms with van der Waals surface area (Å²) in [4.78, 5) is 23.5. The van der Waals surface area contributed by atoms with E-state index in [0.717, 1.165) is 0 Å². The predicted molar refractivity (Wildman–Crippen MR) is 73.8 cm³/mol. The van der Waals surface area contributed by atoms with Gasteiger partial charge in [0, 0.05) is 11.6 Å². The summed E-state index contributed by atoms with van der Waals surface area (Å²) in [6.45, 7) is 6.06. The zero-order valence-electron chi connectivity index (χ0n) is 11.7. The van der Waals surface area contributed by atoms with E-state index in [4.69, 9.17) is 4.74 Å². The van der Waals surface area contributed by atoms with E-state index in [0.29, 0.717) is 12.2 Å². The third-order valence-electron chi connectivity index (χ3n) is 2.85. The highest BCUT2D eigenvalue weighted by molar-refractivity contribution is 5.94. The summed E-state index contributed by atoms with van der Waals surface area (Å²) in [5.74, 6) is -0.282. The number of ether oxygens (including phenoxy) is 1. The largest absolute Gasteiger partial charge is 0.466 e. The average Bonchev–Trinajstić information content (AvgIpc) is 2.39. The van der Waals surface area contributed by atoms with Gasteiger partial charge in [-0.05, 0) is 25.0 Å². The second-order valence-electron chi connectivity index (χ2n) is 4.70. The van der Waals surface area contributed by atoms with Crippen LogP contribution in [0.15, 0.2) is 30.3 Å². The number of hydrogen-bond acceptors (Lipinski definition) is 3. The molecule has 0 aliphatic carbocycles. The Morgan fingerprint density at radius 3 is 2.37 bits per heavy atom. The van der Waals surface area contributed by atoms with E-state index in [1.165, 1.54) is 0 Å². The van der Waals surface area contributed by atoms with Gasteiger partial charge >= 0.3 is 5.97 Å². The van der Waals surface area contributed by atoms with Gasteiger partial charge in [0.15, 0.2) is 0 Å². The Bertz CT molecular complexity index is 415. The van der Waals surface area contributed by atoms with E-state index in [1.54, 1.807) is 19.1 Å². The molecule has 1 unspecified atom stereocenters. The quantitative estimate of drug-likeness (QED) is 0.802. The molecule has 0 radical (unpaired) electrons. The van der Waals surface area contributed by atoms with Crippen molar-refractivity contribution in [3.63, 3.8) is 0 Å². The first-order valence-corrected chi connectivity index (χ1v) is 6.56. The number of hydrogen-bond donors (Lipinski definition) is 1. The van der Waals surface area contributed by atoms with Gasteiger partial charge in [-0.1, -0.05) is 32.0 Å². The summed E-state index contributed by atoms with van der Waals surface area (Å²) in [5.41, 5.74) is 0.594. The molecule has 1 aromatic carbocycles. The third kappa shape index (κ3) is 5.12. The zero-order chi connectivity index (χ0) is 14.3. The summed E-state index contributed by atoms with van der Waals surface area (Å²) in [5, 5.41) is 2.88. The van der Waals surface area contributed by atoms with Gasteiger partial charge in [-0.25, -0.2) is 0 Å². The lowest BCUT2D eigenvalue weighted by Gasteiger charge is -2.21. The van der Waals surface area contributed by atoms with Gasteiger partial charge in [0.1, 0.15) is 0 Å². The number of carbonyl (C=O) groups excluding carboxylic acids is 2. The maximum absolute atomic E-state index is 12.0. The molecule has 1 aromatic rings. The van der Waals surface area contributed by atoms with Crippen LogP contribution in [0.2, 0.25) is 0 Å². The van der Waals surface area contributed by atoms with Crippen LogP contribution in [0.25, 0.3) is 0 Å². The predicted octanol–water partition coefficient (Wildman–Crippen LogP) is 2.39. The molecule has 0 saturated carbocycles. The molecule has 0 aromatic heterocycles. The smallest absolute Gasteiger partial charge is 0.307 e. The Kier molecular flexibility index (Phi) is 6.06. The summed E-state index contributed by atoms with van der Waals surface area (Å²) >= 11 is 0. The lowest BCUT2D eigenvalue weighted by molar-refractivity contribution is -0.143. The first-order valence-electron chi connectivity index (χ1n) is 6.56. The van der Waals surface area contributed by atoms with Gasteiger partial charge in [0.05, 0.1) is 13.0 Å². The molecule has 104 valence electrons. The SMILES string of the molecule is CCOC(=O)CC(NC(=O)c1ccccc1)C(C)C. The molecular weight excluding hydrogens is 242 g/mol. The molecule has 4 heteroatoms. The van der Waals surface area contributed by atoms with Crippen LogP contribution in [0.5, 0.6) is 0 Å². The Labute approximate surface area is 114 Å². The molecule has 0 spiro atoms. The highest BCUT2D eigenvalue weighted by Crippen LogP contribution is 2.09. The van der Waals surface area contributed by atoms with Crippen LogP contribution in [0.4, 0.5) is 0 Å². The summed E-state index contributed by atoms with van der Waals surface area (Å²) in [7, 11) is 0. The van der Waals surface area contributed by atoms with Crippen LogP contribution in [-0.2, 0) is 9.53 Å². The first-order chi connectivity index (χ1) is 9.04. The van der Waals surface area contributed by atoms with Crippen molar-refractivity contribution in [3.05, 3.63) is 35.9 Å². The summed E-state index contributed by atoms with van der Waals surface area (Å²) in [6, 6.07) is 8.76. The van der Waals surface area contributed by atoms with Gasteiger partial charge in [-0.3, -0.25) is 9.59 Å². The van der Waals surface area contributed by atoms with Gasteiger partial charge in [-0.2, -0.15) is 0 Å². The summed E-state index contributed by atoms with van der Waals surface area (Å²) < 4.78 is 4.92. The van der Waals surface area contributed by atoms with Crippen LogP contribution >= 0.6 is 0 Å². The maximum Gasteiger partial charge on any atom is 0.307 e. The molecule has 1 rings (SSSR count). The fourth-order valence-corrected chi connectivity index (χ4v) is 1.69. The van der Waals surface area contributed by atoms with Crippen molar-refractivity contribution in [2.45, 2.75) is 33.2 Å². The van der Waals surface area contributed by atoms with Crippen molar-refractivity contribution in [1.82, 2.24) is 5.32 Å². The molecule has 0 saturated heterocycles. The van der Waals surface area contributed by atoms with Crippen LogP contribution in [-0.4, -0.2) is 24.5 Å². The minimum atomic E-state index is -0.283. The van der Waals surface area contributed by atoms with Gasteiger partial charge in [-0.15, -0.1) is 0 Å². The monoisotopic (exact) mass is 263 g/mol. The number of benzene rings is 1. The molecule has 1 amide bonds. The van der Waals surface area contributed by atoms with Crippen molar-refractivity contribution in [2.24, 2.45) is 5.92 Å². The van der Waals surface area contributed by atoms with Crippen LogP contribution in [0, 0.1) is 5.92 Å². The number of amides is 1. The molecule has 19 heavy (non-hydrogen) atoms. The molecule has 1 N–H and O–H groups in total. The van der Waals surface area contributed by atoms with Gasteiger partial charge < -0.3 is 10.1 Å².